The lowest BCUT2D eigenvalue weighted by Crippen LogP contribution is -2.23. The summed E-state index contributed by atoms with van der Waals surface area (Å²) in [6, 6.07) is 14.0. The fraction of sp³-hybridized carbons (Fsp3) is 0.350. The molecule has 0 saturated carbocycles. The molecular weight excluding hydrogens is 441 g/mol. The Labute approximate surface area is 173 Å². The molecule has 0 radical (unpaired) electrons. The molecule has 0 unspecified atom stereocenters. The van der Waals surface area contributed by atoms with Gasteiger partial charge in [0.2, 0.25) is 0 Å². The largest absolute Gasteiger partial charge is 0.497 e. The van der Waals surface area contributed by atoms with Gasteiger partial charge in [0.25, 0.3) is 0 Å². The van der Waals surface area contributed by atoms with Crippen LogP contribution in [-0.4, -0.2) is 26.7 Å². The fourth-order valence-electron chi connectivity index (χ4n) is 2.60. The van der Waals surface area contributed by atoms with Crippen LogP contribution < -0.4 is 20.5 Å². The Bertz CT molecular complexity index is 720. The minimum absolute atomic E-state index is 0. The van der Waals surface area contributed by atoms with E-state index in [0.717, 1.165) is 42.0 Å². The number of anilines is 1. The van der Waals surface area contributed by atoms with Gasteiger partial charge in [-0.05, 0) is 60.7 Å². The van der Waals surface area contributed by atoms with Gasteiger partial charge in [-0.25, -0.2) is 0 Å². The molecule has 5 nitrogen and oxygen atoms in total. The number of ether oxygens (including phenoxy) is 2. The Balaban J connectivity index is 0.00000338. The molecule has 6 heteroatoms. The first-order chi connectivity index (χ1) is 12.2. The van der Waals surface area contributed by atoms with Crippen LogP contribution in [0.25, 0.3) is 0 Å². The predicted octanol–water partition coefficient (Wildman–Crippen LogP) is 4.24. The molecule has 0 aromatic heterocycles. The topological polar surface area (TPSA) is 68.9 Å². The van der Waals surface area contributed by atoms with Crippen LogP contribution in [0.5, 0.6) is 11.5 Å². The smallest absolute Gasteiger partial charge is 0.193 e. The van der Waals surface area contributed by atoms with Crippen molar-refractivity contribution in [3.8, 4) is 11.5 Å². The Hall–Kier alpha value is -1.96. The van der Waals surface area contributed by atoms with Gasteiger partial charge in [-0.15, -0.1) is 24.0 Å². The van der Waals surface area contributed by atoms with Crippen LogP contribution in [0.15, 0.2) is 47.5 Å². The maximum Gasteiger partial charge on any atom is 0.193 e. The molecule has 142 valence electrons. The van der Waals surface area contributed by atoms with Crippen molar-refractivity contribution in [3.63, 3.8) is 0 Å². The second-order valence-corrected chi connectivity index (χ2v) is 5.73. The first kappa shape index (κ1) is 22.1. The molecule has 26 heavy (non-hydrogen) atoms. The van der Waals surface area contributed by atoms with Crippen molar-refractivity contribution in [3.05, 3.63) is 53.6 Å². The maximum atomic E-state index is 5.97. The normalized spacial score (nSPS) is 10.8. The predicted molar refractivity (Wildman–Crippen MR) is 119 cm³/mol. The van der Waals surface area contributed by atoms with Crippen LogP contribution in [0, 0.1) is 0 Å². The number of rotatable bonds is 8. The Kier molecular flexibility index (Phi) is 9.87. The number of nitrogens with one attached hydrogen (secondary N) is 1. The summed E-state index contributed by atoms with van der Waals surface area (Å²) in [5.74, 6) is 2.13. The average molecular weight is 469 g/mol. The zero-order chi connectivity index (χ0) is 18.1. The highest BCUT2D eigenvalue weighted by molar-refractivity contribution is 14.0. The summed E-state index contributed by atoms with van der Waals surface area (Å²) >= 11 is 0. The number of hydrogen-bond donors (Lipinski definition) is 2. The second kappa shape index (κ2) is 11.6. The zero-order valence-electron chi connectivity index (χ0n) is 15.6. The summed E-state index contributed by atoms with van der Waals surface area (Å²) in [5, 5.41) is 3.14. The third kappa shape index (κ3) is 6.74. The fourth-order valence-corrected chi connectivity index (χ4v) is 2.60. The molecule has 0 aliphatic carbocycles. The molecule has 2 aromatic rings. The van der Waals surface area contributed by atoms with Gasteiger partial charge in [0.1, 0.15) is 11.5 Å². The summed E-state index contributed by atoms with van der Waals surface area (Å²) in [4.78, 5) is 4.40. The molecule has 0 atom stereocenters. The lowest BCUT2D eigenvalue weighted by Gasteiger charge is -2.10. The lowest BCUT2D eigenvalue weighted by atomic mass is 10.1. The minimum Gasteiger partial charge on any atom is -0.497 e. The molecule has 0 amide bonds. The van der Waals surface area contributed by atoms with E-state index in [1.165, 1.54) is 5.56 Å². The average Bonchev–Trinajstić information content (AvgIpc) is 2.65. The van der Waals surface area contributed by atoms with Gasteiger partial charge in [-0.2, -0.15) is 0 Å². The van der Waals surface area contributed by atoms with E-state index >= 15 is 0 Å². The third-order valence-electron chi connectivity index (χ3n) is 3.98. The standard InChI is InChI=1S/C20H27N3O2.HI/c1-4-15-7-5-9-17(13-15)23-20(21)22-12-6-8-16-14-18(24-2)10-11-19(16)25-3;/h5,7,9-11,13-14H,4,6,8,12H2,1-3H3,(H3,21,22,23);1H. The van der Waals surface area contributed by atoms with Crippen molar-refractivity contribution in [1.82, 2.24) is 0 Å². The van der Waals surface area contributed by atoms with E-state index in [4.69, 9.17) is 15.2 Å². The van der Waals surface area contributed by atoms with E-state index in [9.17, 15) is 0 Å². The molecule has 0 spiro atoms. The Morgan fingerprint density at radius 3 is 2.62 bits per heavy atom. The number of nitrogens with two attached hydrogens (primary N) is 1. The van der Waals surface area contributed by atoms with Gasteiger partial charge in [0.15, 0.2) is 5.96 Å². The lowest BCUT2D eigenvalue weighted by molar-refractivity contribution is 0.398. The zero-order valence-corrected chi connectivity index (χ0v) is 17.9. The highest BCUT2D eigenvalue weighted by Gasteiger charge is 2.05. The number of aryl methyl sites for hydroxylation is 2. The van der Waals surface area contributed by atoms with E-state index in [1.807, 2.05) is 30.3 Å². The van der Waals surface area contributed by atoms with E-state index in [0.29, 0.717) is 12.5 Å². The van der Waals surface area contributed by atoms with Crippen molar-refractivity contribution in [2.75, 3.05) is 26.1 Å². The van der Waals surface area contributed by atoms with E-state index in [1.54, 1.807) is 14.2 Å². The number of aliphatic imine (C=N–C) groups is 1. The van der Waals surface area contributed by atoms with Gasteiger partial charge in [-0.3, -0.25) is 4.99 Å². The number of nitrogens with zero attached hydrogens (tertiary/aromatic N) is 1. The van der Waals surface area contributed by atoms with Crippen molar-refractivity contribution in [1.29, 1.82) is 0 Å². The summed E-state index contributed by atoms with van der Waals surface area (Å²) < 4.78 is 10.7. The molecule has 2 aromatic carbocycles. The summed E-state index contributed by atoms with van der Waals surface area (Å²) in [6.07, 6.45) is 2.72. The number of halogens is 1. The van der Waals surface area contributed by atoms with Crippen LogP contribution in [0.2, 0.25) is 0 Å². The van der Waals surface area contributed by atoms with Crippen molar-refractivity contribution in [2.45, 2.75) is 26.2 Å². The Morgan fingerprint density at radius 1 is 1.12 bits per heavy atom. The van der Waals surface area contributed by atoms with Gasteiger partial charge in [-0.1, -0.05) is 19.1 Å². The summed E-state index contributed by atoms with van der Waals surface area (Å²) in [7, 11) is 3.34. The van der Waals surface area contributed by atoms with Gasteiger partial charge in [0, 0.05) is 12.2 Å². The number of hydrogen-bond acceptors (Lipinski definition) is 3. The van der Waals surface area contributed by atoms with Crippen LogP contribution >= 0.6 is 24.0 Å². The molecule has 2 rings (SSSR count). The van der Waals surface area contributed by atoms with E-state index in [2.05, 4.69) is 29.4 Å². The molecule has 0 aliphatic rings. The second-order valence-electron chi connectivity index (χ2n) is 5.73. The molecular formula is C20H28IN3O2. The SMILES string of the molecule is CCc1cccc(NC(N)=NCCCc2cc(OC)ccc2OC)c1.I. The van der Waals surface area contributed by atoms with Gasteiger partial charge >= 0.3 is 0 Å². The van der Waals surface area contributed by atoms with Crippen molar-refractivity contribution >= 4 is 35.6 Å². The van der Waals surface area contributed by atoms with E-state index < -0.39 is 0 Å². The molecule has 0 heterocycles. The molecule has 0 aliphatic heterocycles. The van der Waals surface area contributed by atoms with Crippen LogP contribution in [0.3, 0.4) is 0 Å². The highest BCUT2D eigenvalue weighted by atomic mass is 127. The summed E-state index contributed by atoms with van der Waals surface area (Å²) in [6.45, 7) is 2.77. The van der Waals surface area contributed by atoms with Crippen LogP contribution in [-0.2, 0) is 12.8 Å². The van der Waals surface area contributed by atoms with Crippen molar-refractivity contribution in [2.24, 2.45) is 10.7 Å². The van der Waals surface area contributed by atoms with Crippen molar-refractivity contribution < 1.29 is 9.47 Å². The van der Waals surface area contributed by atoms with Gasteiger partial charge in [0.05, 0.1) is 14.2 Å². The molecule has 0 saturated heterocycles. The highest BCUT2D eigenvalue weighted by Crippen LogP contribution is 2.25. The number of methoxy groups -OCH3 is 2. The minimum atomic E-state index is 0. The van der Waals surface area contributed by atoms with Crippen LogP contribution in [0.4, 0.5) is 5.69 Å². The number of benzene rings is 2. The Morgan fingerprint density at radius 2 is 1.92 bits per heavy atom. The first-order valence-corrected chi connectivity index (χ1v) is 8.53. The summed E-state index contributed by atoms with van der Waals surface area (Å²) in [5.41, 5.74) is 9.32. The monoisotopic (exact) mass is 469 g/mol. The van der Waals surface area contributed by atoms with E-state index in [-0.39, 0.29) is 24.0 Å². The third-order valence-corrected chi connectivity index (χ3v) is 3.98. The maximum absolute atomic E-state index is 5.97. The number of guanidine groups is 1. The quantitative estimate of drug-likeness (QED) is 0.263. The molecule has 0 bridgehead atoms. The molecule has 0 fully saturated rings. The van der Waals surface area contributed by atoms with Crippen LogP contribution in [0.1, 0.15) is 24.5 Å². The molecule has 3 N–H and O–H groups in total. The van der Waals surface area contributed by atoms with Gasteiger partial charge < -0.3 is 20.5 Å². The first-order valence-electron chi connectivity index (χ1n) is 8.53.